The third-order valence-electron chi connectivity index (χ3n) is 2.96. The molecular weight excluding hydrogens is 224 g/mol. The number of anilines is 2. The summed E-state index contributed by atoms with van der Waals surface area (Å²) in [6.45, 7) is 7.01. The molecule has 0 aliphatic heterocycles. The largest absolute Gasteiger partial charge is 0.382 e. The number of hydrogen-bond donors (Lipinski definition) is 3. The fourth-order valence-corrected chi connectivity index (χ4v) is 1.85. The highest BCUT2D eigenvalue weighted by Crippen LogP contribution is 2.17. The van der Waals surface area contributed by atoms with Gasteiger partial charge < -0.3 is 16.0 Å². The van der Waals surface area contributed by atoms with Gasteiger partial charge in [-0.25, -0.2) is 4.98 Å². The van der Waals surface area contributed by atoms with Crippen LogP contribution in [0.1, 0.15) is 36.7 Å². The van der Waals surface area contributed by atoms with E-state index in [1.807, 2.05) is 6.92 Å². The summed E-state index contributed by atoms with van der Waals surface area (Å²) in [5.74, 6) is 2.70. The molecule has 0 saturated carbocycles. The van der Waals surface area contributed by atoms with Gasteiger partial charge in [0.05, 0.1) is 0 Å². The van der Waals surface area contributed by atoms with Gasteiger partial charge in [0.25, 0.3) is 0 Å². The van der Waals surface area contributed by atoms with Gasteiger partial charge in [-0.1, -0.05) is 38.1 Å². The number of nitrogens with one attached hydrogen (secondary N) is 2. The first-order valence-corrected chi connectivity index (χ1v) is 6.21. The van der Waals surface area contributed by atoms with E-state index in [4.69, 9.17) is 5.73 Å². The van der Waals surface area contributed by atoms with Crippen LogP contribution >= 0.6 is 0 Å². The van der Waals surface area contributed by atoms with Crippen LogP contribution < -0.4 is 11.1 Å². The number of aromatic amines is 1. The van der Waals surface area contributed by atoms with Gasteiger partial charge in [-0.05, 0) is 24.0 Å². The number of imidazole rings is 1. The highest BCUT2D eigenvalue weighted by molar-refractivity contribution is 5.57. The molecule has 1 aromatic carbocycles. The zero-order valence-corrected chi connectivity index (χ0v) is 11.1. The van der Waals surface area contributed by atoms with Crippen LogP contribution in [0, 0.1) is 6.92 Å². The van der Waals surface area contributed by atoms with E-state index in [0.29, 0.717) is 11.7 Å². The van der Waals surface area contributed by atoms with Gasteiger partial charge in [0.2, 0.25) is 0 Å². The Morgan fingerprint density at radius 1 is 1.28 bits per heavy atom. The van der Waals surface area contributed by atoms with Crippen LogP contribution in [0.5, 0.6) is 0 Å². The summed E-state index contributed by atoms with van der Waals surface area (Å²) < 4.78 is 0. The average molecular weight is 244 g/mol. The van der Waals surface area contributed by atoms with Crippen LogP contribution in [-0.4, -0.2) is 9.97 Å². The molecule has 2 rings (SSSR count). The van der Waals surface area contributed by atoms with E-state index in [-0.39, 0.29) is 0 Å². The van der Waals surface area contributed by atoms with Gasteiger partial charge in [-0.2, -0.15) is 0 Å². The van der Waals surface area contributed by atoms with Crippen LogP contribution in [0.15, 0.2) is 24.3 Å². The quantitative estimate of drug-likeness (QED) is 0.774. The Kier molecular flexibility index (Phi) is 3.55. The van der Waals surface area contributed by atoms with Crippen molar-refractivity contribution in [2.24, 2.45) is 0 Å². The summed E-state index contributed by atoms with van der Waals surface area (Å²) in [4.78, 5) is 7.25. The Bertz CT molecular complexity index is 511. The normalized spacial score (nSPS) is 10.9. The molecule has 0 saturated heterocycles. The summed E-state index contributed by atoms with van der Waals surface area (Å²) in [5.41, 5.74) is 8.37. The molecule has 0 fully saturated rings. The molecule has 0 spiro atoms. The Morgan fingerprint density at radius 3 is 2.44 bits per heavy atom. The lowest BCUT2D eigenvalue weighted by Gasteiger charge is -2.08. The number of aryl methyl sites for hydroxylation is 1. The van der Waals surface area contributed by atoms with Gasteiger partial charge >= 0.3 is 0 Å². The average Bonchev–Trinajstić information content (AvgIpc) is 2.66. The van der Waals surface area contributed by atoms with Crippen LogP contribution in [0.2, 0.25) is 0 Å². The Morgan fingerprint density at radius 2 is 1.94 bits per heavy atom. The van der Waals surface area contributed by atoms with Crippen LogP contribution in [-0.2, 0) is 6.54 Å². The Hall–Kier alpha value is -1.97. The molecular formula is C14H20N4. The van der Waals surface area contributed by atoms with Crippen LogP contribution in [0.25, 0.3) is 0 Å². The molecule has 96 valence electrons. The minimum absolute atomic E-state index is 0.566. The molecule has 4 N–H and O–H groups in total. The van der Waals surface area contributed by atoms with Gasteiger partial charge in [0.15, 0.2) is 5.82 Å². The van der Waals surface area contributed by atoms with E-state index in [0.717, 1.165) is 18.2 Å². The minimum atomic E-state index is 0.566. The zero-order valence-electron chi connectivity index (χ0n) is 11.1. The summed E-state index contributed by atoms with van der Waals surface area (Å²) in [6.07, 6.45) is 0. The summed E-state index contributed by atoms with van der Waals surface area (Å²) in [7, 11) is 0. The predicted octanol–water partition coefficient (Wildman–Crippen LogP) is 3.04. The zero-order chi connectivity index (χ0) is 13.1. The monoisotopic (exact) mass is 244 g/mol. The maximum atomic E-state index is 5.79. The van der Waals surface area contributed by atoms with Crippen molar-refractivity contribution in [1.82, 2.24) is 9.97 Å². The van der Waals surface area contributed by atoms with Crippen molar-refractivity contribution in [2.45, 2.75) is 33.2 Å². The number of hydrogen-bond acceptors (Lipinski definition) is 3. The molecule has 4 nitrogen and oxygen atoms in total. The van der Waals surface area contributed by atoms with Crippen molar-refractivity contribution in [3.05, 3.63) is 41.2 Å². The highest BCUT2D eigenvalue weighted by atomic mass is 15.1. The van der Waals surface area contributed by atoms with E-state index >= 15 is 0 Å². The second-order valence-corrected chi connectivity index (χ2v) is 4.83. The molecule has 0 bridgehead atoms. The summed E-state index contributed by atoms with van der Waals surface area (Å²) >= 11 is 0. The van der Waals surface area contributed by atoms with E-state index in [1.54, 1.807) is 0 Å². The number of nitrogens with two attached hydrogens (primary N) is 1. The Labute approximate surface area is 108 Å². The van der Waals surface area contributed by atoms with Crippen molar-refractivity contribution in [3.8, 4) is 0 Å². The molecule has 18 heavy (non-hydrogen) atoms. The molecule has 1 aromatic heterocycles. The van der Waals surface area contributed by atoms with Crippen molar-refractivity contribution in [2.75, 3.05) is 11.1 Å². The second kappa shape index (κ2) is 5.12. The fourth-order valence-electron chi connectivity index (χ4n) is 1.85. The lowest BCUT2D eigenvalue weighted by atomic mass is 10.0. The third kappa shape index (κ3) is 2.83. The van der Waals surface area contributed by atoms with Crippen molar-refractivity contribution in [1.29, 1.82) is 0 Å². The minimum Gasteiger partial charge on any atom is -0.382 e. The molecule has 4 heteroatoms. The number of benzene rings is 1. The van der Waals surface area contributed by atoms with E-state index in [2.05, 4.69) is 53.4 Å². The van der Waals surface area contributed by atoms with Crippen molar-refractivity contribution >= 4 is 11.6 Å². The van der Waals surface area contributed by atoms with Crippen LogP contribution in [0.4, 0.5) is 11.6 Å². The van der Waals surface area contributed by atoms with Gasteiger partial charge in [-0.3, -0.25) is 0 Å². The molecule has 2 aromatic rings. The van der Waals surface area contributed by atoms with Gasteiger partial charge in [0.1, 0.15) is 11.6 Å². The molecule has 0 radical (unpaired) electrons. The molecule has 0 aliphatic rings. The molecule has 1 heterocycles. The summed E-state index contributed by atoms with van der Waals surface area (Å²) in [6, 6.07) is 8.61. The first-order valence-electron chi connectivity index (χ1n) is 6.21. The number of H-pyrrole nitrogens is 1. The highest BCUT2D eigenvalue weighted by Gasteiger charge is 2.04. The number of rotatable bonds is 4. The van der Waals surface area contributed by atoms with E-state index in [9.17, 15) is 0 Å². The first-order chi connectivity index (χ1) is 8.56. The third-order valence-corrected chi connectivity index (χ3v) is 2.96. The molecule has 0 atom stereocenters. The SMILES string of the molecule is Cc1nc(NCc2ccc(C(C)C)cc2)c(N)[nH]1. The number of nitrogen functional groups attached to an aromatic ring is 1. The van der Waals surface area contributed by atoms with Crippen molar-refractivity contribution in [3.63, 3.8) is 0 Å². The van der Waals surface area contributed by atoms with Crippen molar-refractivity contribution < 1.29 is 0 Å². The lowest BCUT2D eigenvalue weighted by molar-refractivity contribution is 0.865. The standard InChI is InChI=1S/C14H20N4/c1-9(2)12-6-4-11(5-7-12)8-16-14-13(15)17-10(3)18-14/h4-7,9,16H,8,15H2,1-3H3,(H,17,18). The Balaban J connectivity index is 2.00. The maximum absolute atomic E-state index is 5.79. The smallest absolute Gasteiger partial charge is 0.169 e. The molecule has 0 unspecified atom stereocenters. The van der Waals surface area contributed by atoms with E-state index in [1.165, 1.54) is 11.1 Å². The maximum Gasteiger partial charge on any atom is 0.169 e. The number of aromatic nitrogens is 2. The molecule has 0 aliphatic carbocycles. The van der Waals surface area contributed by atoms with Gasteiger partial charge in [0, 0.05) is 6.54 Å². The van der Waals surface area contributed by atoms with E-state index < -0.39 is 0 Å². The summed E-state index contributed by atoms with van der Waals surface area (Å²) in [5, 5.41) is 3.23. The first kappa shape index (κ1) is 12.5. The van der Waals surface area contributed by atoms with Crippen LogP contribution in [0.3, 0.4) is 0 Å². The fraction of sp³-hybridized carbons (Fsp3) is 0.357. The predicted molar refractivity (Wildman–Crippen MR) is 75.6 cm³/mol. The number of nitrogens with zero attached hydrogens (tertiary/aromatic N) is 1. The molecule has 0 amide bonds. The second-order valence-electron chi connectivity index (χ2n) is 4.83. The topological polar surface area (TPSA) is 66.7 Å². The lowest BCUT2D eigenvalue weighted by Crippen LogP contribution is -2.02. The van der Waals surface area contributed by atoms with Gasteiger partial charge in [-0.15, -0.1) is 0 Å².